The van der Waals surface area contributed by atoms with E-state index in [2.05, 4.69) is 161 Å². The van der Waals surface area contributed by atoms with Crippen molar-refractivity contribution >= 4 is 75.3 Å². The lowest BCUT2D eigenvalue weighted by Crippen LogP contribution is -2.10. The smallest absolute Gasteiger partial charge is 0.238 e. The Morgan fingerprint density at radius 3 is 1.86 bits per heavy atom. The lowest BCUT2D eigenvalue weighted by atomic mass is 9.96. The number of hydrogen-bond acceptors (Lipinski definition) is 5. The van der Waals surface area contributed by atoms with Crippen molar-refractivity contribution in [2.75, 3.05) is 0 Å². The van der Waals surface area contributed by atoms with Crippen molar-refractivity contribution in [3.8, 4) is 34.2 Å². The molecule has 0 fully saturated rings. The molecule has 7 heteroatoms. The Morgan fingerprint density at radius 2 is 1.09 bits per heavy atom. The zero-order chi connectivity index (χ0) is 38.2. The van der Waals surface area contributed by atoms with E-state index < -0.39 is 0 Å². The van der Waals surface area contributed by atoms with Crippen molar-refractivity contribution in [2.24, 2.45) is 0 Å². The highest BCUT2D eigenvalue weighted by atomic mass is 32.1. The Hall–Kier alpha value is -7.48. The molecule has 58 heavy (non-hydrogen) atoms. The van der Waals surface area contributed by atoms with Crippen LogP contribution in [-0.2, 0) is 6.42 Å². The number of fused-ring (bicyclic) bond motifs is 9. The van der Waals surface area contributed by atoms with E-state index in [-0.39, 0.29) is 0 Å². The minimum atomic E-state index is 0.458. The third-order valence-corrected chi connectivity index (χ3v) is 12.4. The maximum atomic E-state index is 5.33. The number of thiophene rings is 1. The minimum absolute atomic E-state index is 0.458. The van der Waals surface area contributed by atoms with Crippen LogP contribution in [-0.4, -0.2) is 29.1 Å². The summed E-state index contributed by atoms with van der Waals surface area (Å²) in [4.78, 5) is 20.8. The van der Waals surface area contributed by atoms with Gasteiger partial charge in [0.2, 0.25) is 5.95 Å². The third kappa shape index (κ3) is 5.10. The summed E-state index contributed by atoms with van der Waals surface area (Å²) in [6.07, 6.45) is 2.35. The van der Waals surface area contributed by atoms with Crippen molar-refractivity contribution < 1.29 is 0 Å². The molecule has 0 saturated carbocycles. The number of nitrogens with zero attached hydrogens (tertiary/aromatic N) is 6. The molecule has 0 aliphatic carbocycles. The van der Waals surface area contributed by atoms with Gasteiger partial charge in [-0.05, 0) is 59.7 Å². The minimum Gasteiger partial charge on any atom is -0.293 e. The monoisotopic (exact) mass is 760 g/mol. The van der Waals surface area contributed by atoms with Crippen LogP contribution in [0, 0.1) is 0 Å². The molecule has 0 unspecified atom stereocenters. The molecule has 272 valence electrons. The predicted molar refractivity (Wildman–Crippen MR) is 239 cm³/mol. The van der Waals surface area contributed by atoms with Crippen LogP contribution in [0.5, 0.6) is 0 Å². The molecule has 0 bridgehead atoms. The molecular weight excluding hydrogens is 729 g/mol. The number of benzene rings is 7. The molecule has 0 aliphatic rings. The lowest BCUT2D eigenvalue weighted by Gasteiger charge is -2.19. The lowest BCUT2D eigenvalue weighted by molar-refractivity contribution is 0.871. The number of rotatable bonds is 6. The van der Waals surface area contributed by atoms with Crippen molar-refractivity contribution in [1.29, 1.82) is 0 Å². The van der Waals surface area contributed by atoms with E-state index in [0.29, 0.717) is 24.0 Å². The topological polar surface area (TPSA) is 61.4 Å². The normalized spacial score (nSPS) is 11.9. The summed E-state index contributed by atoms with van der Waals surface area (Å²) in [5.41, 5.74) is 9.44. The standard InChI is InChI=1S/C51H32N6S/c1-2-14-32(15-3-1)49-53-47(54-51(55-49)56-42-23-8-4-17-36(42)37-18-5-9-24-43(37)56)31-34-16-12-21-35(33-27-28-46-41(30-33)39-20-7-11-26-45(39)58-46)48(34)57-44-25-10-6-19-38(44)40-22-13-29-52-50(40)57/h1-30H,31H2. The van der Waals surface area contributed by atoms with Crippen LogP contribution in [0.1, 0.15) is 11.4 Å². The van der Waals surface area contributed by atoms with Crippen LogP contribution in [0.15, 0.2) is 182 Å². The van der Waals surface area contributed by atoms with E-state index in [4.69, 9.17) is 19.9 Å². The maximum Gasteiger partial charge on any atom is 0.238 e. The molecule has 0 aliphatic heterocycles. The van der Waals surface area contributed by atoms with Crippen molar-refractivity contribution in [1.82, 2.24) is 29.1 Å². The van der Waals surface area contributed by atoms with Crippen LogP contribution in [0.4, 0.5) is 0 Å². The van der Waals surface area contributed by atoms with Crippen LogP contribution in [0.3, 0.4) is 0 Å². The highest BCUT2D eigenvalue weighted by Crippen LogP contribution is 2.41. The van der Waals surface area contributed by atoms with Crippen molar-refractivity contribution in [3.05, 3.63) is 194 Å². The number of para-hydroxylation sites is 4. The SMILES string of the molecule is c1ccc(-c2nc(Cc3cccc(-c4ccc5sc6ccccc6c5c4)c3-n3c4ccccc4c4cccnc43)nc(-n3c4ccccc4c4ccccc43)n2)cc1. The maximum absolute atomic E-state index is 5.33. The first-order chi connectivity index (χ1) is 28.8. The molecule has 6 nitrogen and oxygen atoms in total. The molecule has 0 N–H and O–H groups in total. The third-order valence-electron chi connectivity index (χ3n) is 11.3. The van der Waals surface area contributed by atoms with E-state index in [1.165, 1.54) is 20.2 Å². The van der Waals surface area contributed by atoms with Gasteiger partial charge in [0.1, 0.15) is 11.5 Å². The van der Waals surface area contributed by atoms with Crippen LogP contribution in [0.2, 0.25) is 0 Å². The second-order valence-corrected chi connectivity index (χ2v) is 15.7. The average Bonchev–Trinajstić information content (AvgIpc) is 3.94. The van der Waals surface area contributed by atoms with Gasteiger partial charge < -0.3 is 0 Å². The van der Waals surface area contributed by atoms with Gasteiger partial charge >= 0.3 is 0 Å². The summed E-state index contributed by atoms with van der Waals surface area (Å²) >= 11 is 1.84. The van der Waals surface area contributed by atoms with E-state index >= 15 is 0 Å². The van der Waals surface area contributed by atoms with Crippen molar-refractivity contribution in [2.45, 2.75) is 6.42 Å². The molecule has 0 atom stereocenters. The Kier molecular flexibility index (Phi) is 7.36. The van der Waals surface area contributed by atoms with Gasteiger partial charge in [-0.15, -0.1) is 11.3 Å². The summed E-state index contributed by atoms with van der Waals surface area (Å²) in [5.74, 6) is 1.90. The molecule has 12 rings (SSSR count). The zero-order valence-electron chi connectivity index (χ0n) is 31.1. The molecule has 0 radical (unpaired) electrons. The Bertz CT molecular complexity index is 3450. The Labute approximate surface area is 337 Å². The number of hydrogen-bond donors (Lipinski definition) is 0. The van der Waals surface area contributed by atoms with Gasteiger partial charge in [0.05, 0.1) is 22.2 Å². The molecule has 0 spiro atoms. The van der Waals surface area contributed by atoms with Gasteiger partial charge in [-0.2, -0.15) is 9.97 Å². The first-order valence-electron chi connectivity index (χ1n) is 19.4. The van der Waals surface area contributed by atoms with Gasteiger partial charge in [0.25, 0.3) is 0 Å². The predicted octanol–water partition coefficient (Wildman–Crippen LogP) is 12.8. The van der Waals surface area contributed by atoms with E-state index in [1.54, 1.807) is 0 Å². The second-order valence-electron chi connectivity index (χ2n) is 14.6. The van der Waals surface area contributed by atoms with Crippen molar-refractivity contribution in [3.63, 3.8) is 0 Å². The summed E-state index contributed by atoms with van der Waals surface area (Å²) in [6, 6.07) is 62.2. The van der Waals surface area contributed by atoms with E-state index in [1.807, 2.05) is 41.8 Å². The molecule has 12 aromatic rings. The van der Waals surface area contributed by atoms with Gasteiger partial charge in [-0.25, -0.2) is 9.97 Å². The fraction of sp³-hybridized carbons (Fsp3) is 0.0196. The quantitative estimate of drug-likeness (QED) is 0.169. The largest absolute Gasteiger partial charge is 0.293 e. The molecular formula is C51H32N6S. The summed E-state index contributed by atoms with van der Waals surface area (Å²) in [6.45, 7) is 0. The van der Waals surface area contributed by atoms with E-state index in [0.717, 1.165) is 71.7 Å². The van der Waals surface area contributed by atoms with Gasteiger partial charge in [-0.3, -0.25) is 9.13 Å². The molecule has 0 amide bonds. The van der Waals surface area contributed by atoms with Crippen LogP contribution in [0.25, 0.3) is 98.1 Å². The fourth-order valence-electron chi connectivity index (χ4n) is 8.76. The Balaban J connectivity index is 1.13. The van der Waals surface area contributed by atoms with Crippen LogP contribution < -0.4 is 0 Å². The Morgan fingerprint density at radius 1 is 0.448 bits per heavy atom. The van der Waals surface area contributed by atoms with Gasteiger partial charge in [0, 0.05) is 65.5 Å². The second kappa shape index (κ2) is 13.0. The van der Waals surface area contributed by atoms with E-state index in [9.17, 15) is 0 Å². The summed E-state index contributed by atoms with van der Waals surface area (Å²) in [5, 5.41) is 7.12. The van der Waals surface area contributed by atoms with Crippen LogP contribution >= 0.6 is 11.3 Å². The molecule has 7 aromatic carbocycles. The fourth-order valence-corrected chi connectivity index (χ4v) is 9.84. The highest BCUT2D eigenvalue weighted by molar-refractivity contribution is 7.25. The van der Waals surface area contributed by atoms with Gasteiger partial charge in [0.15, 0.2) is 5.82 Å². The van der Waals surface area contributed by atoms with Gasteiger partial charge in [-0.1, -0.05) is 127 Å². The average molecular weight is 761 g/mol. The zero-order valence-corrected chi connectivity index (χ0v) is 31.9. The number of aromatic nitrogens is 6. The summed E-state index contributed by atoms with van der Waals surface area (Å²) in [7, 11) is 0. The highest BCUT2D eigenvalue weighted by Gasteiger charge is 2.22. The molecule has 0 saturated heterocycles. The first-order valence-corrected chi connectivity index (χ1v) is 20.3. The molecule has 5 aromatic heterocycles. The first kappa shape index (κ1) is 32.7. The number of pyridine rings is 1. The molecule has 5 heterocycles. The summed E-state index contributed by atoms with van der Waals surface area (Å²) < 4.78 is 7.09.